The van der Waals surface area contributed by atoms with Crippen LogP contribution in [0.4, 0.5) is 5.69 Å². The lowest BCUT2D eigenvalue weighted by atomic mass is 9.76. The van der Waals surface area contributed by atoms with E-state index < -0.39 is 0 Å². The van der Waals surface area contributed by atoms with Crippen LogP contribution in [0.25, 0.3) is 0 Å². The number of nitrogens with one attached hydrogen (secondary N) is 1. The highest BCUT2D eigenvalue weighted by Crippen LogP contribution is 2.39. The quantitative estimate of drug-likeness (QED) is 0.664. The monoisotopic (exact) mass is 397 g/mol. The molecule has 104 valence electrons. The lowest BCUT2D eigenvalue weighted by molar-refractivity contribution is 0.374. The van der Waals surface area contributed by atoms with Crippen molar-refractivity contribution in [3.8, 4) is 0 Å². The van der Waals surface area contributed by atoms with Crippen LogP contribution in [0.1, 0.15) is 29.9 Å². The van der Waals surface area contributed by atoms with Crippen molar-refractivity contribution in [2.75, 3.05) is 5.32 Å². The average molecular weight is 398 g/mol. The fourth-order valence-corrected chi connectivity index (χ4v) is 3.62. The van der Waals surface area contributed by atoms with E-state index in [-0.39, 0.29) is 0 Å². The first-order chi connectivity index (χ1) is 9.61. The van der Waals surface area contributed by atoms with E-state index in [1.165, 1.54) is 33.2 Å². The van der Waals surface area contributed by atoms with Crippen LogP contribution in [0.15, 0.2) is 42.5 Å². The first kappa shape index (κ1) is 14.2. The van der Waals surface area contributed by atoms with Gasteiger partial charge in [0.2, 0.25) is 0 Å². The second kappa shape index (κ2) is 5.94. The molecule has 3 heteroatoms. The summed E-state index contributed by atoms with van der Waals surface area (Å²) in [5, 5.41) is 4.49. The minimum Gasteiger partial charge on any atom is -0.382 e. The Morgan fingerprint density at radius 3 is 2.65 bits per heavy atom. The summed E-state index contributed by atoms with van der Waals surface area (Å²) in [7, 11) is 0. The molecule has 1 saturated carbocycles. The molecule has 1 fully saturated rings. The van der Waals surface area contributed by atoms with E-state index in [0.717, 1.165) is 5.02 Å². The topological polar surface area (TPSA) is 12.0 Å². The molecular formula is C17H17ClIN. The minimum absolute atomic E-state index is 0.581. The van der Waals surface area contributed by atoms with Crippen molar-refractivity contribution in [2.45, 2.75) is 31.7 Å². The van der Waals surface area contributed by atoms with Crippen molar-refractivity contribution >= 4 is 39.9 Å². The third-order valence-corrected chi connectivity index (χ3v) is 4.91. The lowest BCUT2D eigenvalue weighted by Gasteiger charge is -2.37. The van der Waals surface area contributed by atoms with Gasteiger partial charge in [0.25, 0.3) is 0 Å². The zero-order valence-electron chi connectivity index (χ0n) is 11.4. The van der Waals surface area contributed by atoms with E-state index in [2.05, 4.69) is 65.2 Å². The zero-order valence-corrected chi connectivity index (χ0v) is 14.3. The van der Waals surface area contributed by atoms with Crippen LogP contribution in [0.3, 0.4) is 0 Å². The first-order valence-electron chi connectivity index (χ1n) is 6.90. The highest BCUT2D eigenvalue weighted by atomic mass is 127. The smallest absolute Gasteiger partial charge is 0.0408 e. The summed E-state index contributed by atoms with van der Waals surface area (Å²) in [5.41, 5.74) is 3.96. The van der Waals surface area contributed by atoms with Gasteiger partial charge in [-0.3, -0.25) is 0 Å². The molecule has 0 atom stereocenters. The Labute approximate surface area is 138 Å². The van der Waals surface area contributed by atoms with Crippen molar-refractivity contribution in [3.63, 3.8) is 0 Å². The van der Waals surface area contributed by atoms with Crippen molar-refractivity contribution < 1.29 is 0 Å². The molecule has 1 nitrogen and oxygen atoms in total. The Hall–Kier alpha value is -0.740. The number of aryl methyl sites for hydroxylation is 1. The van der Waals surface area contributed by atoms with Gasteiger partial charge in [-0.05, 0) is 89.7 Å². The van der Waals surface area contributed by atoms with E-state index in [0.29, 0.717) is 12.0 Å². The van der Waals surface area contributed by atoms with Crippen LogP contribution in [0.5, 0.6) is 0 Å². The molecule has 0 unspecified atom stereocenters. The number of benzene rings is 2. The third-order valence-electron chi connectivity index (χ3n) is 4.01. The molecule has 3 rings (SSSR count). The molecule has 0 saturated heterocycles. The number of anilines is 1. The summed E-state index contributed by atoms with van der Waals surface area (Å²) in [6.07, 6.45) is 2.37. The fourth-order valence-electron chi connectivity index (χ4n) is 2.78. The van der Waals surface area contributed by atoms with Crippen molar-refractivity contribution in [3.05, 3.63) is 62.2 Å². The van der Waals surface area contributed by atoms with Crippen LogP contribution < -0.4 is 5.32 Å². The van der Waals surface area contributed by atoms with E-state index in [1.807, 2.05) is 12.1 Å². The SMILES string of the molecule is Cc1cc(I)ccc1NC1CC(c2cccc(Cl)c2)C1. The molecule has 0 heterocycles. The molecule has 0 amide bonds. The van der Waals surface area contributed by atoms with Gasteiger partial charge in [-0.15, -0.1) is 0 Å². The molecule has 20 heavy (non-hydrogen) atoms. The molecule has 0 aliphatic heterocycles. The Morgan fingerprint density at radius 1 is 1.15 bits per heavy atom. The largest absolute Gasteiger partial charge is 0.382 e. The Bertz CT molecular complexity index is 620. The molecule has 0 radical (unpaired) electrons. The predicted octanol–water partition coefficient (Wildman–Crippen LogP) is 5.61. The highest BCUT2D eigenvalue weighted by Gasteiger charge is 2.30. The highest BCUT2D eigenvalue weighted by molar-refractivity contribution is 14.1. The summed E-state index contributed by atoms with van der Waals surface area (Å²) in [5.74, 6) is 0.648. The van der Waals surface area contributed by atoms with E-state index >= 15 is 0 Å². The summed E-state index contributed by atoms with van der Waals surface area (Å²) in [6.45, 7) is 2.16. The summed E-state index contributed by atoms with van der Waals surface area (Å²) >= 11 is 8.41. The van der Waals surface area contributed by atoms with Gasteiger partial charge in [0.05, 0.1) is 0 Å². The van der Waals surface area contributed by atoms with Gasteiger partial charge in [-0.2, -0.15) is 0 Å². The molecule has 0 bridgehead atoms. The summed E-state index contributed by atoms with van der Waals surface area (Å²) in [4.78, 5) is 0. The van der Waals surface area contributed by atoms with Gasteiger partial charge < -0.3 is 5.32 Å². The third kappa shape index (κ3) is 3.12. The minimum atomic E-state index is 0.581. The zero-order chi connectivity index (χ0) is 14.1. The molecule has 0 aromatic heterocycles. The molecule has 2 aromatic rings. The van der Waals surface area contributed by atoms with Gasteiger partial charge in [-0.25, -0.2) is 0 Å². The molecule has 1 aliphatic rings. The van der Waals surface area contributed by atoms with Gasteiger partial charge in [0, 0.05) is 20.3 Å². The predicted molar refractivity (Wildman–Crippen MR) is 94.7 cm³/mol. The summed E-state index contributed by atoms with van der Waals surface area (Å²) in [6, 6.07) is 15.4. The Balaban J connectivity index is 1.61. The molecule has 1 aliphatic carbocycles. The fraction of sp³-hybridized carbons (Fsp3) is 0.294. The van der Waals surface area contributed by atoms with Crippen LogP contribution in [0.2, 0.25) is 5.02 Å². The molecule has 0 spiro atoms. The standard InChI is InChI=1S/C17H17ClIN/c1-11-7-15(19)5-6-17(11)20-16-9-13(10-16)12-3-2-4-14(18)8-12/h2-8,13,16,20H,9-10H2,1H3. The van der Waals surface area contributed by atoms with Crippen LogP contribution >= 0.6 is 34.2 Å². The molecular weight excluding hydrogens is 381 g/mol. The Kier molecular flexibility index (Phi) is 4.22. The van der Waals surface area contributed by atoms with Gasteiger partial charge >= 0.3 is 0 Å². The number of halogens is 2. The van der Waals surface area contributed by atoms with Gasteiger partial charge in [0.1, 0.15) is 0 Å². The van der Waals surface area contributed by atoms with Crippen molar-refractivity contribution in [1.29, 1.82) is 0 Å². The normalized spacial score (nSPS) is 21.4. The number of hydrogen-bond acceptors (Lipinski definition) is 1. The van der Waals surface area contributed by atoms with E-state index in [1.54, 1.807) is 0 Å². The van der Waals surface area contributed by atoms with Gasteiger partial charge in [0.15, 0.2) is 0 Å². The molecule has 1 N–H and O–H groups in total. The maximum atomic E-state index is 6.06. The second-order valence-corrected chi connectivity index (χ2v) is 7.21. The molecule has 2 aromatic carbocycles. The maximum absolute atomic E-state index is 6.06. The van der Waals surface area contributed by atoms with Crippen LogP contribution in [-0.2, 0) is 0 Å². The summed E-state index contributed by atoms with van der Waals surface area (Å²) < 4.78 is 1.29. The van der Waals surface area contributed by atoms with Crippen LogP contribution in [-0.4, -0.2) is 6.04 Å². The van der Waals surface area contributed by atoms with Crippen molar-refractivity contribution in [1.82, 2.24) is 0 Å². The second-order valence-electron chi connectivity index (χ2n) is 5.52. The van der Waals surface area contributed by atoms with Gasteiger partial charge in [-0.1, -0.05) is 23.7 Å². The maximum Gasteiger partial charge on any atom is 0.0408 e. The van der Waals surface area contributed by atoms with Crippen molar-refractivity contribution in [2.24, 2.45) is 0 Å². The lowest BCUT2D eigenvalue weighted by Crippen LogP contribution is -2.34. The number of hydrogen-bond donors (Lipinski definition) is 1. The van der Waals surface area contributed by atoms with E-state index in [4.69, 9.17) is 11.6 Å². The Morgan fingerprint density at radius 2 is 1.95 bits per heavy atom. The number of rotatable bonds is 3. The van der Waals surface area contributed by atoms with E-state index in [9.17, 15) is 0 Å². The van der Waals surface area contributed by atoms with Crippen LogP contribution in [0, 0.1) is 10.5 Å². The average Bonchev–Trinajstić information content (AvgIpc) is 2.35. The first-order valence-corrected chi connectivity index (χ1v) is 8.35.